The second-order valence-electron chi connectivity index (χ2n) is 5.54. The molecule has 1 aliphatic heterocycles. The summed E-state index contributed by atoms with van der Waals surface area (Å²) in [6, 6.07) is 15.7. The van der Waals surface area contributed by atoms with Crippen LogP contribution in [0.4, 0.5) is 5.69 Å². The SMILES string of the molecule is N#CCCSc1ccccc1NC(=O)C=Cc1ccc2c(c1)CCO2. The number of anilines is 1. The summed E-state index contributed by atoms with van der Waals surface area (Å²) in [4.78, 5) is 13.2. The van der Waals surface area contributed by atoms with E-state index in [1.54, 1.807) is 17.8 Å². The summed E-state index contributed by atoms with van der Waals surface area (Å²) in [5.41, 5.74) is 2.93. The Kier molecular flexibility index (Phi) is 5.76. The average molecular weight is 350 g/mol. The van der Waals surface area contributed by atoms with Crippen LogP contribution in [0.2, 0.25) is 0 Å². The first-order valence-electron chi connectivity index (χ1n) is 8.10. The average Bonchev–Trinajstić information content (AvgIpc) is 3.09. The minimum atomic E-state index is -0.176. The van der Waals surface area contributed by atoms with Gasteiger partial charge in [0.2, 0.25) is 5.91 Å². The lowest BCUT2D eigenvalue weighted by Crippen LogP contribution is -2.08. The Balaban J connectivity index is 1.64. The number of hydrogen-bond donors (Lipinski definition) is 1. The number of benzene rings is 2. The van der Waals surface area contributed by atoms with Crippen molar-refractivity contribution in [3.8, 4) is 11.8 Å². The predicted octanol–water partition coefficient (Wildman–Crippen LogP) is 4.28. The Hall–Kier alpha value is -2.71. The molecule has 2 aromatic rings. The predicted molar refractivity (Wildman–Crippen MR) is 101 cm³/mol. The van der Waals surface area contributed by atoms with Gasteiger partial charge in [0, 0.05) is 29.6 Å². The van der Waals surface area contributed by atoms with Gasteiger partial charge in [0.15, 0.2) is 0 Å². The fraction of sp³-hybridized carbons (Fsp3) is 0.200. The molecule has 5 heteroatoms. The molecule has 4 nitrogen and oxygen atoms in total. The Morgan fingerprint density at radius 1 is 1.32 bits per heavy atom. The van der Waals surface area contributed by atoms with Crippen molar-refractivity contribution in [1.29, 1.82) is 5.26 Å². The summed E-state index contributed by atoms with van der Waals surface area (Å²) in [6.07, 6.45) is 4.74. The Morgan fingerprint density at radius 3 is 3.08 bits per heavy atom. The van der Waals surface area contributed by atoms with Gasteiger partial charge in [0.25, 0.3) is 0 Å². The highest BCUT2D eigenvalue weighted by Crippen LogP contribution is 2.28. The molecule has 0 aromatic heterocycles. The maximum atomic E-state index is 12.2. The first-order valence-corrected chi connectivity index (χ1v) is 9.08. The molecule has 2 aromatic carbocycles. The van der Waals surface area contributed by atoms with E-state index < -0.39 is 0 Å². The first-order chi connectivity index (χ1) is 12.3. The molecule has 0 radical (unpaired) electrons. The topological polar surface area (TPSA) is 62.1 Å². The zero-order valence-electron chi connectivity index (χ0n) is 13.7. The van der Waals surface area contributed by atoms with Crippen LogP contribution in [0.25, 0.3) is 6.08 Å². The third-order valence-electron chi connectivity index (χ3n) is 3.76. The number of rotatable bonds is 6. The summed E-state index contributed by atoms with van der Waals surface area (Å²) < 4.78 is 5.49. The van der Waals surface area contributed by atoms with Crippen LogP contribution in [0.5, 0.6) is 5.75 Å². The number of para-hydroxylation sites is 1. The molecule has 3 rings (SSSR count). The minimum Gasteiger partial charge on any atom is -0.493 e. The molecule has 0 saturated heterocycles. The second-order valence-corrected chi connectivity index (χ2v) is 6.68. The van der Waals surface area contributed by atoms with Crippen LogP contribution >= 0.6 is 11.8 Å². The summed E-state index contributed by atoms with van der Waals surface area (Å²) in [6.45, 7) is 0.725. The van der Waals surface area contributed by atoms with Crippen molar-refractivity contribution in [2.45, 2.75) is 17.7 Å². The number of nitrogens with zero attached hydrogens (tertiary/aromatic N) is 1. The molecule has 0 bridgehead atoms. The maximum Gasteiger partial charge on any atom is 0.248 e. The monoisotopic (exact) mass is 350 g/mol. The van der Waals surface area contributed by atoms with E-state index in [0.717, 1.165) is 34.9 Å². The lowest BCUT2D eigenvalue weighted by atomic mass is 10.1. The van der Waals surface area contributed by atoms with Crippen molar-refractivity contribution in [3.05, 3.63) is 59.7 Å². The van der Waals surface area contributed by atoms with Crippen molar-refractivity contribution in [2.24, 2.45) is 0 Å². The van der Waals surface area contributed by atoms with Crippen LogP contribution in [-0.4, -0.2) is 18.3 Å². The Labute approximate surface area is 151 Å². The summed E-state index contributed by atoms with van der Waals surface area (Å²) in [5.74, 6) is 1.46. The highest BCUT2D eigenvalue weighted by atomic mass is 32.2. The normalized spacial score (nSPS) is 12.4. The van der Waals surface area contributed by atoms with Crippen molar-refractivity contribution in [1.82, 2.24) is 0 Å². The zero-order valence-corrected chi connectivity index (χ0v) is 14.5. The van der Waals surface area contributed by atoms with Crippen LogP contribution in [0.3, 0.4) is 0 Å². The standard InChI is InChI=1S/C20H18N2O2S/c21-11-3-13-25-19-5-2-1-4-17(19)22-20(23)9-7-15-6-8-18-16(14-15)10-12-24-18/h1-2,4-9,14H,3,10,12-13H2,(H,22,23). The molecule has 0 unspecified atom stereocenters. The fourth-order valence-electron chi connectivity index (χ4n) is 2.56. The van der Waals surface area contributed by atoms with Gasteiger partial charge < -0.3 is 10.1 Å². The van der Waals surface area contributed by atoms with Crippen molar-refractivity contribution >= 4 is 29.4 Å². The number of ether oxygens (including phenoxy) is 1. The van der Waals surface area contributed by atoms with Crippen LogP contribution in [0, 0.1) is 11.3 Å². The lowest BCUT2D eigenvalue weighted by Gasteiger charge is -2.08. The van der Waals surface area contributed by atoms with E-state index in [1.807, 2.05) is 36.4 Å². The van der Waals surface area contributed by atoms with E-state index in [0.29, 0.717) is 12.2 Å². The van der Waals surface area contributed by atoms with Gasteiger partial charge in [-0.2, -0.15) is 5.26 Å². The summed E-state index contributed by atoms with van der Waals surface area (Å²) >= 11 is 1.57. The molecule has 0 spiro atoms. The number of thioether (sulfide) groups is 1. The van der Waals surface area contributed by atoms with E-state index in [-0.39, 0.29) is 5.91 Å². The van der Waals surface area contributed by atoms with Gasteiger partial charge >= 0.3 is 0 Å². The fourth-order valence-corrected chi connectivity index (χ4v) is 3.42. The lowest BCUT2D eigenvalue weighted by molar-refractivity contribution is -0.111. The smallest absolute Gasteiger partial charge is 0.248 e. The molecular weight excluding hydrogens is 332 g/mol. The van der Waals surface area contributed by atoms with Crippen molar-refractivity contribution < 1.29 is 9.53 Å². The second kappa shape index (κ2) is 8.41. The number of hydrogen-bond acceptors (Lipinski definition) is 4. The summed E-state index contributed by atoms with van der Waals surface area (Å²) in [5, 5.41) is 11.6. The summed E-state index contributed by atoms with van der Waals surface area (Å²) in [7, 11) is 0. The number of nitriles is 1. The molecule has 1 N–H and O–H groups in total. The van der Waals surface area contributed by atoms with Gasteiger partial charge in [-0.25, -0.2) is 0 Å². The van der Waals surface area contributed by atoms with Gasteiger partial charge in [-0.1, -0.05) is 18.2 Å². The molecule has 1 aliphatic rings. The molecule has 126 valence electrons. The van der Waals surface area contributed by atoms with Crippen LogP contribution in [0.1, 0.15) is 17.5 Å². The van der Waals surface area contributed by atoms with E-state index in [9.17, 15) is 4.79 Å². The maximum absolute atomic E-state index is 12.2. The highest BCUT2D eigenvalue weighted by molar-refractivity contribution is 7.99. The largest absolute Gasteiger partial charge is 0.493 e. The van der Waals surface area contributed by atoms with Gasteiger partial charge in [0.05, 0.1) is 18.4 Å². The molecule has 0 aliphatic carbocycles. The van der Waals surface area contributed by atoms with E-state index in [1.165, 1.54) is 11.6 Å². The van der Waals surface area contributed by atoms with E-state index >= 15 is 0 Å². The number of carbonyl (C=O) groups excluding carboxylic acids is 1. The Morgan fingerprint density at radius 2 is 2.20 bits per heavy atom. The Bertz CT molecular complexity index is 840. The minimum absolute atomic E-state index is 0.176. The third kappa shape index (κ3) is 4.65. The first kappa shape index (κ1) is 17.1. The van der Waals surface area contributed by atoms with Crippen LogP contribution < -0.4 is 10.1 Å². The highest BCUT2D eigenvalue weighted by Gasteiger charge is 2.11. The van der Waals surface area contributed by atoms with Crippen molar-refractivity contribution in [2.75, 3.05) is 17.7 Å². The molecule has 1 amide bonds. The van der Waals surface area contributed by atoms with E-state index in [2.05, 4.69) is 17.5 Å². The van der Waals surface area contributed by atoms with Crippen LogP contribution in [0.15, 0.2) is 53.4 Å². The zero-order chi connectivity index (χ0) is 17.5. The third-order valence-corrected chi connectivity index (χ3v) is 4.83. The van der Waals surface area contributed by atoms with Crippen LogP contribution in [-0.2, 0) is 11.2 Å². The van der Waals surface area contributed by atoms with E-state index in [4.69, 9.17) is 10.00 Å². The quantitative estimate of drug-likeness (QED) is 0.480. The van der Waals surface area contributed by atoms with Gasteiger partial charge in [-0.15, -0.1) is 11.8 Å². The molecule has 0 atom stereocenters. The number of carbonyl (C=O) groups is 1. The number of nitrogens with one attached hydrogen (secondary N) is 1. The van der Waals surface area contributed by atoms with Crippen molar-refractivity contribution in [3.63, 3.8) is 0 Å². The number of fused-ring (bicyclic) bond motifs is 1. The number of amides is 1. The van der Waals surface area contributed by atoms with Gasteiger partial charge in [-0.3, -0.25) is 4.79 Å². The molecular formula is C20H18N2O2S. The van der Waals surface area contributed by atoms with Gasteiger partial charge in [0.1, 0.15) is 5.75 Å². The molecule has 1 heterocycles. The molecule has 0 saturated carbocycles. The molecule has 0 fully saturated rings. The molecule has 25 heavy (non-hydrogen) atoms. The van der Waals surface area contributed by atoms with Gasteiger partial charge in [-0.05, 0) is 41.5 Å².